The topological polar surface area (TPSA) is 131 Å². The first-order valence-corrected chi connectivity index (χ1v) is 21.3. The lowest BCUT2D eigenvalue weighted by molar-refractivity contribution is -0.123. The Morgan fingerprint density at radius 3 is 1.73 bits per heavy atom. The first-order chi connectivity index (χ1) is 23.9. The number of nitrogens with two attached hydrogens (primary N) is 1. The van der Waals surface area contributed by atoms with E-state index in [4.69, 9.17) is 14.8 Å². The second-order valence-corrected chi connectivity index (χ2v) is 14.6. The molecule has 0 radical (unpaired) electrons. The summed E-state index contributed by atoms with van der Waals surface area (Å²) in [5, 5.41) is 13.6. The van der Waals surface area contributed by atoms with Gasteiger partial charge in [-0.1, -0.05) is 159 Å². The summed E-state index contributed by atoms with van der Waals surface area (Å²) in [4.78, 5) is 22.6. The number of rotatable bonds is 36. The number of unbranched alkanes of at least 4 members (excludes halogenated alkanes) is 18. The average Bonchev–Trinajstić information content (AvgIpc) is 3.09. The molecule has 3 atom stereocenters. The van der Waals surface area contributed by atoms with Crippen molar-refractivity contribution < 1.29 is 28.4 Å². The lowest BCUT2D eigenvalue weighted by Crippen LogP contribution is -2.45. The minimum absolute atomic E-state index is 0.0750. The fourth-order valence-corrected chi connectivity index (χ4v) is 6.20. The number of amides is 1. The van der Waals surface area contributed by atoms with Gasteiger partial charge in [0.15, 0.2) is 0 Å². The number of aliphatic hydroxyl groups excluding tert-OH is 1. The Hall–Kier alpha value is -1.54. The lowest BCUT2D eigenvalue weighted by Gasteiger charge is -2.23. The van der Waals surface area contributed by atoms with Gasteiger partial charge < -0.3 is 21.1 Å². The van der Waals surface area contributed by atoms with Crippen LogP contribution in [0.3, 0.4) is 0 Å². The maximum Gasteiger partial charge on any atom is 0.472 e. The van der Waals surface area contributed by atoms with Gasteiger partial charge in [0.25, 0.3) is 0 Å². The SMILES string of the molecule is CC/C=C\C/C=C\C/C=C\CCCCCCCCCC(=O)NC(COP(=O)(O)OCCN)C(O)/C=C/CCCCCCCCCCCCC. The van der Waals surface area contributed by atoms with E-state index in [1.165, 1.54) is 77.0 Å². The van der Waals surface area contributed by atoms with Gasteiger partial charge in [0, 0.05) is 13.0 Å². The van der Waals surface area contributed by atoms with Gasteiger partial charge in [0.1, 0.15) is 0 Å². The maximum absolute atomic E-state index is 12.7. The van der Waals surface area contributed by atoms with Gasteiger partial charge in [-0.25, -0.2) is 4.57 Å². The molecular formula is C40H75N2O6P. The van der Waals surface area contributed by atoms with Crippen LogP contribution in [0.1, 0.15) is 168 Å². The smallest absolute Gasteiger partial charge is 0.387 e. The Kier molecular flexibility index (Phi) is 35.1. The third-order valence-corrected chi connectivity index (χ3v) is 9.39. The molecule has 0 bridgehead atoms. The summed E-state index contributed by atoms with van der Waals surface area (Å²) in [7, 11) is -4.34. The third kappa shape index (κ3) is 34.7. The summed E-state index contributed by atoms with van der Waals surface area (Å²) in [5.41, 5.74) is 5.36. The van der Waals surface area contributed by atoms with Crippen molar-refractivity contribution in [3.05, 3.63) is 48.6 Å². The summed E-state index contributed by atoms with van der Waals surface area (Å²) >= 11 is 0. The summed E-state index contributed by atoms with van der Waals surface area (Å²) < 4.78 is 22.0. The minimum atomic E-state index is -4.34. The van der Waals surface area contributed by atoms with Crippen LogP contribution in [0.15, 0.2) is 48.6 Å². The van der Waals surface area contributed by atoms with Gasteiger partial charge in [-0.05, 0) is 51.4 Å². The van der Waals surface area contributed by atoms with E-state index in [1.807, 2.05) is 6.08 Å². The zero-order valence-electron chi connectivity index (χ0n) is 31.4. The standard InChI is InChI=1S/C40H75N2O6P/c1-3-5-7-9-11-13-15-17-18-19-20-22-24-26-28-30-32-34-40(44)42-38(37-48-49(45,46)47-36-35-41)39(43)33-31-29-27-25-23-21-16-14-12-10-8-6-4-2/h5,7,11,13,17-18,31,33,38-39,43H,3-4,6,8-10,12,14-16,19-30,32,34-37,41H2,1-2H3,(H,42,44)(H,45,46)/b7-5-,13-11-,18-17-,33-31+. The van der Waals surface area contributed by atoms with Crippen LogP contribution in [0.4, 0.5) is 0 Å². The molecule has 0 heterocycles. The van der Waals surface area contributed by atoms with E-state index in [0.717, 1.165) is 70.6 Å². The molecular weight excluding hydrogens is 635 g/mol. The predicted molar refractivity (Wildman–Crippen MR) is 207 cm³/mol. The molecule has 0 fully saturated rings. The van der Waals surface area contributed by atoms with Crippen molar-refractivity contribution in [1.29, 1.82) is 0 Å². The molecule has 0 spiro atoms. The van der Waals surface area contributed by atoms with Gasteiger partial charge >= 0.3 is 7.82 Å². The fraction of sp³-hybridized carbons (Fsp3) is 0.775. The molecule has 0 aromatic heterocycles. The number of hydrogen-bond donors (Lipinski definition) is 4. The van der Waals surface area contributed by atoms with Gasteiger partial charge in [-0.15, -0.1) is 0 Å². The van der Waals surface area contributed by atoms with Crippen LogP contribution >= 0.6 is 7.82 Å². The number of nitrogens with one attached hydrogen (secondary N) is 1. The molecule has 9 heteroatoms. The van der Waals surface area contributed by atoms with Crippen molar-refractivity contribution in [3.63, 3.8) is 0 Å². The monoisotopic (exact) mass is 711 g/mol. The largest absolute Gasteiger partial charge is 0.472 e. The van der Waals surface area contributed by atoms with Crippen LogP contribution in [0.5, 0.6) is 0 Å². The van der Waals surface area contributed by atoms with Gasteiger partial charge in [-0.2, -0.15) is 0 Å². The summed E-state index contributed by atoms with van der Waals surface area (Å²) in [6.07, 6.45) is 42.9. The quantitative estimate of drug-likeness (QED) is 0.0289. The highest BCUT2D eigenvalue weighted by atomic mass is 31.2. The van der Waals surface area contributed by atoms with E-state index in [2.05, 4.69) is 55.6 Å². The molecule has 0 saturated carbocycles. The molecule has 5 N–H and O–H groups in total. The molecule has 8 nitrogen and oxygen atoms in total. The second kappa shape index (κ2) is 36.3. The van der Waals surface area contributed by atoms with Gasteiger partial charge in [0.2, 0.25) is 5.91 Å². The van der Waals surface area contributed by atoms with E-state index in [9.17, 15) is 19.4 Å². The Labute approximate surface area is 301 Å². The average molecular weight is 711 g/mol. The van der Waals surface area contributed by atoms with Crippen LogP contribution in [0.25, 0.3) is 0 Å². The Morgan fingerprint density at radius 1 is 0.694 bits per heavy atom. The van der Waals surface area contributed by atoms with Crippen LogP contribution in [0.2, 0.25) is 0 Å². The Morgan fingerprint density at radius 2 is 1.18 bits per heavy atom. The van der Waals surface area contributed by atoms with E-state index in [1.54, 1.807) is 6.08 Å². The minimum Gasteiger partial charge on any atom is -0.387 e. The third-order valence-electron chi connectivity index (χ3n) is 8.41. The van der Waals surface area contributed by atoms with Crippen molar-refractivity contribution in [2.75, 3.05) is 19.8 Å². The van der Waals surface area contributed by atoms with Crippen molar-refractivity contribution in [1.82, 2.24) is 5.32 Å². The highest BCUT2D eigenvalue weighted by Crippen LogP contribution is 2.43. The Balaban J connectivity index is 4.30. The molecule has 0 aromatic carbocycles. The first-order valence-electron chi connectivity index (χ1n) is 19.8. The van der Waals surface area contributed by atoms with Crippen molar-refractivity contribution >= 4 is 13.7 Å². The highest BCUT2D eigenvalue weighted by Gasteiger charge is 2.26. The van der Waals surface area contributed by atoms with Gasteiger partial charge in [-0.3, -0.25) is 13.8 Å². The summed E-state index contributed by atoms with van der Waals surface area (Å²) in [6, 6.07) is -0.865. The number of aliphatic hydroxyl groups is 1. The van der Waals surface area contributed by atoms with Crippen LogP contribution in [-0.4, -0.2) is 47.8 Å². The fourth-order valence-electron chi connectivity index (χ4n) is 5.44. The van der Waals surface area contributed by atoms with E-state index < -0.39 is 20.0 Å². The van der Waals surface area contributed by atoms with Crippen LogP contribution in [-0.2, 0) is 18.4 Å². The molecule has 3 unspecified atom stereocenters. The van der Waals surface area contributed by atoms with Crippen LogP contribution < -0.4 is 11.1 Å². The van der Waals surface area contributed by atoms with Gasteiger partial charge in [0.05, 0.1) is 25.4 Å². The highest BCUT2D eigenvalue weighted by molar-refractivity contribution is 7.47. The number of phosphoric ester groups is 1. The zero-order chi connectivity index (χ0) is 36.1. The first kappa shape index (κ1) is 47.5. The molecule has 1 amide bonds. The normalized spacial score (nSPS) is 14.8. The maximum atomic E-state index is 12.7. The zero-order valence-corrected chi connectivity index (χ0v) is 32.3. The van der Waals surface area contributed by atoms with Crippen molar-refractivity contribution in [2.45, 2.75) is 180 Å². The number of allylic oxidation sites excluding steroid dienone is 7. The number of carbonyl (C=O) groups is 1. The molecule has 0 rings (SSSR count). The molecule has 0 aliphatic heterocycles. The summed E-state index contributed by atoms with van der Waals surface area (Å²) in [5.74, 6) is -0.207. The molecule has 286 valence electrons. The van der Waals surface area contributed by atoms with Crippen LogP contribution in [0, 0.1) is 0 Å². The van der Waals surface area contributed by atoms with E-state index in [0.29, 0.717) is 6.42 Å². The number of hydrogen-bond acceptors (Lipinski definition) is 6. The summed E-state index contributed by atoms with van der Waals surface area (Å²) in [6.45, 7) is 3.99. The second-order valence-electron chi connectivity index (χ2n) is 13.1. The lowest BCUT2D eigenvalue weighted by atomic mass is 10.0. The number of phosphoric acid groups is 1. The van der Waals surface area contributed by atoms with E-state index >= 15 is 0 Å². The number of carbonyl (C=O) groups excluding carboxylic acids is 1. The van der Waals surface area contributed by atoms with Crippen molar-refractivity contribution in [3.8, 4) is 0 Å². The molecule has 0 aromatic rings. The molecule has 0 aliphatic rings. The molecule has 0 aliphatic carbocycles. The van der Waals surface area contributed by atoms with Crippen molar-refractivity contribution in [2.24, 2.45) is 5.73 Å². The Bertz CT molecular complexity index is 907. The molecule has 0 saturated heterocycles. The predicted octanol–water partition coefficient (Wildman–Crippen LogP) is 10.6. The van der Waals surface area contributed by atoms with E-state index in [-0.39, 0.29) is 25.7 Å². The molecule has 49 heavy (non-hydrogen) atoms.